The lowest BCUT2D eigenvalue weighted by atomic mass is 9.96. The van der Waals surface area contributed by atoms with Gasteiger partial charge in [0.15, 0.2) is 5.82 Å². The first kappa shape index (κ1) is 21.7. The number of thiophene rings is 1. The maximum absolute atomic E-state index is 9.34. The zero-order chi connectivity index (χ0) is 49.9. The van der Waals surface area contributed by atoms with Crippen LogP contribution in [0.3, 0.4) is 0 Å². The molecule has 0 fully saturated rings. The van der Waals surface area contributed by atoms with Crippen LogP contribution in [0.25, 0.3) is 87.1 Å². The fourth-order valence-electron chi connectivity index (χ4n) is 7.17. The van der Waals surface area contributed by atoms with Gasteiger partial charge in [-0.2, -0.15) is 0 Å². The normalized spacial score (nSPS) is 14.9. The third-order valence-corrected chi connectivity index (χ3v) is 10.9. The molecule has 11 aromatic rings. The van der Waals surface area contributed by atoms with Crippen LogP contribution in [0.15, 0.2) is 204 Å². The molecular formula is C52H33N3OS. The Bertz CT molecular complexity index is 3930. The standard InChI is InChI=1S/C52H33N3OS/c1-4-14-35(15-5-1)49-51-50(44-22-10-11-25-47(44)57-51)54-52(53-49)38-17-12-16-37(32-38)42-23-13-24-45-48(42)43-31-28-36(33-46(43)56-45)34-26-29-41(30-27-34)55(39-18-6-2-7-19-39)40-20-8-3-9-21-40/h1-33H/i2D,3D,6D,7D,8D,9D,18D,19D,20D,21D,26D,27D,29D,30D. The number of nitrogens with zero attached hydrogens (tertiary/aromatic N) is 3. The van der Waals surface area contributed by atoms with Crippen molar-refractivity contribution in [3.05, 3.63) is 200 Å². The predicted molar refractivity (Wildman–Crippen MR) is 239 cm³/mol. The molecule has 3 heterocycles. The van der Waals surface area contributed by atoms with Crippen molar-refractivity contribution >= 4 is 70.6 Å². The molecule has 0 spiro atoms. The number of benzene rings is 8. The molecule has 0 bridgehead atoms. The van der Waals surface area contributed by atoms with Gasteiger partial charge in [0.05, 0.1) is 35.1 Å². The highest BCUT2D eigenvalue weighted by Gasteiger charge is 2.19. The number of rotatable bonds is 7. The molecule has 0 saturated carbocycles. The van der Waals surface area contributed by atoms with Crippen molar-refractivity contribution in [1.82, 2.24) is 9.97 Å². The van der Waals surface area contributed by atoms with Crippen LogP contribution >= 0.6 is 11.3 Å². The third kappa shape index (κ3) is 5.84. The van der Waals surface area contributed by atoms with Gasteiger partial charge in [0.1, 0.15) is 11.2 Å². The van der Waals surface area contributed by atoms with Gasteiger partial charge in [0.2, 0.25) is 0 Å². The van der Waals surface area contributed by atoms with Crippen molar-refractivity contribution in [3.8, 4) is 44.9 Å². The molecule has 0 aliphatic rings. The van der Waals surface area contributed by atoms with E-state index < -0.39 is 102 Å². The van der Waals surface area contributed by atoms with Crippen LogP contribution in [0.2, 0.25) is 0 Å². The summed E-state index contributed by atoms with van der Waals surface area (Å²) in [4.78, 5) is 10.9. The van der Waals surface area contributed by atoms with E-state index in [2.05, 4.69) is 12.1 Å². The van der Waals surface area contributed by atoms with Crippen molar-refractivity contribution in [2.45, 2.75) is 0 Å². The molecule has 5 heteroatoms. The summed E-state index contributed by atoms with van der Waals surface area (Å²) in [5.74, 6) is 0.561. The number of anilines is 3. The average Bonchev–Trinajstić information content (AvgIpc) is 3.96. The summed E-state index contributed by atoms with van der Waals surface area (Å²) in [5, 5.41) is 2.52. The van der Waals surface area contributed by atoms with Crippen molar-refractivity contribution in [2.75, 3.05) is 4.90 Å². The van der Waals surface area contributed by atoms with Gasteiger partial charge < -0.3 is 9.32 Å². The summed E-state index contributed by atoms with van der Waals surface area (Å²) >= 11 is 1.66. The maximum Gasteiger partial charge on any atom is 0.160 e. The van der Waals surface area contributed by atoms with Gasteiger partial charge in [0, 0.05) is 49.0 Å². The Labute approximate surface area is 353 Å². The van der Waals surface area contributed by atoms with Gasteiger partial charge >= 0.3 is 0 Å². The number of furan rings is 1. The lowest BCUT2D eigenvalue weighted by molar-refractivity contribution is 0.669. The smallest absolute Gasteiger partial charge is 0.160 e. The Morgan fingerprint density at radius 3 is 1.96 bits per heavy atom. The van der Waals surface area contributed by atoms with E-state index in [-0.39, 0.29) is 11.1 Å². The van der Waals surface area contributed by atoms with Gasteiger partial charge in [0.25, 0.3) is 0 Å². The van der Waals surface area contributed by atoms with Crippen molar-refractivity contribution in [3.63, 3.8) is 0 Å². The molecule has 0 unspecified atom stereocenters. The van der Waals surface area contributed by atoms with Crippen LogP contribution in [-0.4, -0.2) is 9.97 Å². The van der Waals surface area contributed by atoms with E-state index in [9.17, 15) is 5.48 Å². The van der Waals surface area contributed by atoms with Crippen LogP contribution in [0.4, 0.5) is 17.1 Å². The molecule has 3 aromatic heterocycles. The fraction of sp³-hybridized carbons (Fsp3) is 0. The highest BCUT2D eigenvalue weighted by atomic mass is 32.1. The number of hydrogen-bond donors (Lipinski definition) is 0. The van der Waals surface area contributed by atoms with Gasteiger partial charge in [-0.1, -0.05) is 133 Å². The maximum atomic E-state index is 9.34. The minimum Gasteiger partial charge on any atom is -0.456 e. The largest absolute Gasteiger partial charge is 0.456 e. The van der Waals surface area contributed by atoms with E-state index in [4.69, 9.17) is 28.1 Å². The van der Waals surface area contributed by atoms with E-state index in [0.29, 0.717) is 27.3 Å². The van der Waals surface area contributed by atoms with E-state index in [0.717, 1.165) is 53.6 Å². The molecule has 4 nitrogen and oxygen atoms in total. The number of fused-ring (bicyclic) bond motifs is 6. The van der Waals surface area contributed by atoms with Crippen molar-refractivity contribution in [2.24, 2.45) is 0 Å². The molecule has 0 N–H and O–H groups in total. The summed E-state index contributed by atoms with van der Waals surface area (Å²) in [6.07, 6.45) is 0. The second-order valence-electron chi connectivity index (χ2n) is 13.1. The van der Waals surface area contributed by atoms with E-state index in [1.165, 1.54) is 0 Å². The van der Waals surface area contributed by atoms with Crippen LogP contribution in [0.5, 0.6) is 0 Å². The Morgan fingerprint density at radius 2 is 1.18 bits per heavy atom. The highest BCUT2D eigenvalue weighted by Crippen LogP contribution is 2.42. The second kappa shape index (κ2) is 13.7. The first-order chi connectivity index (χ1) is 34.1. The van der Waals surface area contributed by atoms with Crippen LogP contribution < -0.4 is 4.90 Å². The van der Waals surface area contributed by atoms with Crippen molar-refractivity contribution in [1.29, 1.82) is 0 Å². The summed E-state index contributed by atoms with van der Waals surface area (Å²) in [6, 6.07) is 25.7. The van der Waals surface area contributed by atoms with Gasteiger partial charge in [-0.3, -0.25) is 0 Å². The predicted octanol–water partition coefficient (Wildman–Crippen LogP) is 14.9. The molecule has 8 aromatic carbocycles. The first-order valence-electron chi connectivity index (χ1n) is 24.9. The quantitative estimate of drug-likeness (QED) is 0.162. The SMILES string of the molecule is [2H]c1c([2H])c([2H])c(N(c2c([2H])c([2H])c([2H])c([2H])c2[2H])c2c([2H])c([2H])c(-c3ccc4c(c3)oc3cccc(-c5cccc(-c6nc(-c7ccccc7)c7sc8ccccc8c7n6)c5)c34)c([2H])c2[2H])c([2H])c1[2H]. The Morgan fingerprint density at radius 1 is 0.491 bits per heavy atom. The number of hydrogen-bond acceptors (Lipinski definition) is 5. The molecule has 11 rings (SSSR count). The topological polar surface area (TPSA) is 42.2 Å². The summed E-state index contributed by atoms with van der Waals surface area (Å²) in [6.45, 7) is 0. The highest BCUT2D eigenvalue weighted by molar-refractivity contribution is 7.26. The molecule has 0 atom stereocenters. The number of aromatic nitrogens is 2. The summed E-state index contributed by atoms with van der Waals surface area (Å²) < 4.78 is 131. The molecular weight excluding hydrogens is 715 g/mol. The van der Waals surface area contributed by atoms with Gasteiger partial charge in [-0.05, 0) is 88.8 Å². The lowest BCUT2D eigenvalue weighted by Crippen LogP contribution is -2.09. The fourth-order valence-corrected chi connectivity index (χ4v) is 8.32. The Kier molecular flexibility index (Phi) is 5.23. The Balaban J connectivity index is 1.05. The van der Waals surface area contributed by atoms with E-state index >= 15 is 0 Å². The van der Waals surface area contributed by atoms with Crippen LogP contribution in [-0.2, 0) is 0 Å². The van der Waals surface area contributed by atoms with Gasteiger partial charge in [-0.25, -0.2) is 9.97 Å². The minimum absolute atomic E-state index is 0.175. The van der Waals surface area contributed by atoms with Gasteiger partial charge in [-0.15, -0.1) is 11.3 Å². The number of para-hydroxylation sites is 2. The molecule has 268 valence electrons. The minimum atomic E-state index is -0.871. The first-order valence-corrected chi connectivity index (χ1v) is 18.7. The second-order valence-corrected chi connectivity index (χ2v) is 14.2. The van der Waals surface area contributed by atoms with E-state index in [1.807, 2.05) is 84.9 Å². The van der Waals surface area contributed by atoms with Crippen LogP contribution in [0, 0.1) is 0 Å². The zero-order valence-electron chi connectivity index (χ0n) is 43.6. The monoisotopic (exact) mass is 761 g/mol. The molecule has 0 saturated heterocycles. The average molecular weight is 762 g/mol. The van der Waals surface area contributed by atoms with E-state index in [1.54, 1.807) is 29.5 Å². The zero-order valence-corrected chi connectivity index (χ0v) is 30.4. The molecule has 0 aliphatic carbocycles. The van der Waals surface area contributed by atoms with Crippen molar-refractivity contribution < 1.29 is 23.6 Å². The molecule has 0 aliphatic heterocycles. The molecule has 0 radical (unpaired) electrons. The third-order valence-electron chi connectivity index (χ3n) is 9.74. The van der Waals surface area contributed by atoms with Crippen LogP contribution in [0.1, 0.15) is 19.2 Å². The lowest BCUT2D eigenvalue weighted by Gasteiger charge is -2.25. The summed E-state index contributed by atoms with van der Waals surface area (Å²) in [7, 11) is 0. The molecule has 0 amide bonds. The Hall–Kier alpha value is -7.34. The summed E-state index contributed by atoms with van der Waals surface area (Å²) in [5.41, 5.74) is 3.96. The molecule has 57 heavy (non-hydrogen) atoms.